The quantitative estimate of drug-likeness (QED) is 0.556. The highest BCUT2D eigenvalue weighted by atomic mass is 35.5. The lowest BCUT2D eigenvalue weighted by atomic mass is 9.83. The third kappa shape index (κ3) is 2.65. The first-order chi connectivity index (χ1) is 13.6. The number of hydrogen-bond acceptors (Lipinski definition) is 4. The van der Waals surface area contributed by atoms with Gasteiger partial charge in [-0.1, -0.05) is 54.1 Å². The summed E-state index contributed by atoms with van der Waals surface area (Å²) in [4.78, 5) is 12.6. The molecule has 5 rings (SSSR count). The number of aryl methyl sites for hydroxylation is 1. The molecule has 0 saturated carbocycles. The molecule has 1 aliphatic rings. The van der Waals surface area contributed by atoms with Crippen molar-refractivity contribution < 1.29 is 4.79 Å². The minimum Gasteiger partial charge on any atom is -0.310 e. The van der Waals surface area contributed by atoms with E-state index in [1.54, 1.807) is 16.8 Å². The van der Waals surface area contributed by atoms with Crippen LogP contribution in [0.4, 0.5) is 5.82 Å². The van der Waals surface area contributed by atoms with E-state index in [2.05, 4.69) is 44.9 Å². The van der Waals surface area contributed by atoms with Gasteiger partial charge < -0.3 is 5.32 Å². The maximum atomic E-state index is 12.6. The number of fused-ring (bicyclic) bond motifs is 2. The van der Waals surface area contributed by atoms with Crippen LogP contribution in [0.1, 0.15) is 29.2 Å². The normalized spacial score (nSPS) is 16.1. The second-order valence-corrected chi connectivity index (χ2v) is 7.23. The second-order valence-electron chi connectivity index (χ2n) is 6.85. The highest BCUT2D eigenvalue weighted by molar-refractivity contribution is 6.29. The van der Waals surface area contributed by atoms with Gasteiger partial charge in [0.25, 0.3) is 0 Å². The van der Waals surface area contributed by atoms with Crippen molar-refractivity contribution in [2.24, 2.45) is 0 Å². The van der Waals surface area contributed by atoms with Crippen LogP contribution in [0.2, 0.25) is 5.15 Å². The first kappa shape index (κ1) is 16.9. The first-order valence-electron chi connectivity index (χ1n) is 8.98. The van der Waals surface area contributed by atoms with Crippen molar-refractivity contribution in [1.82, 2.24) is 20.0 Å². The molecule has 1 aliphatic heterocycles. The predicted molar refractivity (Wildman–Crippen MR) is 108 cm³/mol. The predicted octanol–water partition coefficient (Wildman–Crippen LogP) is 4.25. The minimum absolute atomic E-state index is 0.0477. The van der Waals surface area contributed by atoms with Gasteiger partial charge >= 0.3 is 0 Å². The molecule has 0 saturated heterocycles. The average Bonchev–Trinajstić information content (AvgIpc) is 3.04. The molecule has 3 heterocycles. The third-order valence-electron chi connectivity index (χ3n) is 5.14. The summed E-state index contributed by atoms with van der Waals surface area (Å²) in [6.07, 6.45) is 0.375. The van der Waals surface area contributed by atoms with Crippen molar-refractivity contribution >= 4 is 34.1 Å². The van der Waals surface area contributed by atoms with Crippen LogP contribution in [0.25, 0.3) is 16.6 Å². The van der Waals surface area contributed by atoms with Crippen LogP contribution in [0, 0.1) is 6.92 Å². The number of hydrogen-bond donors (Lipinski definition) is 1. The molecule has 0 bridgehead atoms. The smallest absolute Gasteiger partial charge is 0.226 e. The summed E-state index contributed by atoms with van der Waals surface area (Å²) in [5, 5.41) is 18.2. The molecule has 6 nitrogen and oxygen atoms in total. The fourth-order valence-electron chi connectivity index (χ4n) is 3.95. The minimum atomic E-state index is -0.0798. The molecule has 0 spiro atoms. The summed E-state index contributed by atoms with van der Waals surface area (Å²) in [7, 11) is 0. The lowest BCUT2D eigenvalue weighted by Gasteiger charge is -2.25. The molecule has 138 valence electrons. The lowest BCUT2D eigenvalue weighted by molar-refractivity contribution is -0.116. The molecule has 0 radical (unpaired) electrons. The number of benzene rings is 2. The third-order valence-corrected chi connectivity index (χ3v) is 5.34. The lowest BCUT2D eigenvalue weighted by Crippen LogP contribution is -2.25. The Bertz CT molecular complexity index is 1210. The fraction of sp³-hybridized carbons (Fsp3) is 0.143. The van der Waals surface area contributed by atoms with E-state index in [-0.39, 0.29) is 11.8 Å². The Morgan fingerprint density at radius 2 is 1.89 bits per heavy atom. The van der Waals surface area contributed by atoms with Crippen molar-refractivity contribution in [3.8, 4) is 5.82 Å². The van der Waals surface area contributed by atoms with E-state index >= 15 is 0 Å². The van der Waals surface area contributed by atoms with Crippen molar-refractivity contribution in [3.05, 3.63) is 76.6 Å². The van der Waals surface area contributed by atoms with Gasteiger partial charge in [0.15, 0.2) is 11.0 Å². The molecule has 28 heavy (non-hydrogen) atoms. The van der Waals surface area contributed by atoms with Crippen LogP contribution in [-0.4, -0.2) is 25.9 Å². The summed E-state index contributed by atoms with van der Waals surface area (Å²) < 4.78 is 1.63. The Kier molecular flexibility index (Phi) is 3.87. The van der Waals surface area contributed by atoms with Crippen molar-refractivity contribution in [1.29, 1.82) is 0 Å². The molecule has 1 amide bonds. The highest BCUT2D eigenvalue weighted by Crippen LogP contribution is 2.42. The molecule has 7 heteroatoms. The molecule has 0 fully saturated rings. The molecule has 1 N–H and O–H groups in total. The molecule has 1 atom stereocenters. The van der Waals surface area contributed by atoms with E-state index in [0.29, 0.717) is 23.2 Å². The zero-order chi connectivity index (χ0) is 19.3. The molecule has 4 aromatic rings. The SMILES string of the molecule is Cc1nn(-c2ccc(Cl)nn2)c2c1[C@@H](c1cccc3ccccc13)CC(=O)N2. The topological polar surface area (TPSA) is 72.7 Å². The van der Waals surface area contributed by atoms with Crippen LogP contribution in [-0.2, 0) is 4.79 Å². The van der Waals surface area contributed by atoms with Crippen LogP contribution in [0.15, 0.2) is 54.6 Å². The number of rotatable bonds is 2. The van der Waals surface area contributed by atoms with E-state index in [1.165, 1.54) is 0 Å². The molecule has 0 aliphatic carbocycles. The maximum absolute atomic E-state index is 12.6. The van der Waals surface area contributed by atoms with Gasteiger partial charge in [-0.3, -0.25) is 4.79 Å². The van der Waals surface area contributed by atoms with Crippen LogP contribution in [0.5, 0.6) is 0 Å². The Morgan fingerprint density at radius 3 is 2.71 bits per heavy atom. The number of aromatic nitrogens is 4. The van der Waals surface area contributed by atoms with E-state index in [0.717, 1.165) is 27.6 Å². The zero-order valence-corrected chi connectivity index (χ0v) is 15.8. The Hall–Kier alpha value is -3.25. The zero-order valence-electron chi connectivity index (χ0n) is 15.1. The van der Waals surface area contributed by atoms with Gasteiger partial charge in [-0.05, 0) is 35.4 Å². The summed E-state index contributed by atoms with van der Waals surface area (Å²) in [5.41, 5.74) is 2.98. The van der Waals surface area contributed by atoms with Crippen LogP contribution >= 0.6 is 11.6 Å². The second kappa shape index (κ2) is 6.42. The molecular weight excluding hydrogens is 374 g/mol. The number of nitrogens with one attached hydrogen (secondary N) is 1. The summed E-state index contributed by atoms with van der Waals surface area (Å²) >= 11 is 5.86. The van der Waals surface area contributed by atoms with Gasteiger partial charge in [0.1, 0.15) is 5.82 Å². The Morgan fingerprint density at radius 1 is 1.07 bits per heavy atom. The van der Waals surface area contributed by atoms with Gasteiger partial charge in [-0.2, -0.15) is 9.78 Å². The Balaban J connectivity index is 1.72. The number of amides is 1. The number of carbonyl (C=O) groups is 1. The number of anilines is 1. The summed E-state index contributed by atoms with van der Waals surface area (Å²) in [6, 6.07) is 17.8. The molecule has 2 aromatic heterocycles. The fourth-order valence-corrected chi connectivity index (χ4v) is 4.06. The highest BCUT2D eigenvalue weighted by Gasteiger charge is 2.33. The van der Waals surface area contributed by atoms with Crippen molar-refractivity contribution in [2.45, 2.75) is 19.3 Å². The van der Waals surface area contributed by atoms with Gasteiger partial charge in [0.05, 0.1) is 5.69 Å². The average molecular weight is 390 g/mol. The number of nitrogens with zero attached hydrogens (tertiary/aromatic N) is 4. The van der Waals surface area contributed by atoms with Crippen LogP contribution in [0.3, 0.4) is 0 Å². The number of carbonyl (C=O) groups excluding carboxylic acids is 1. The monoisotopic (exact) mass is 389 g/mol. The van der Waals surface area contributed by atoms with Gasteiger partial charge in [-0.25, -0.2) is 0 Å². The van der Waals surface area contributed by atoms with Crippen LogP contribution < -0.4 is 5.32 Å². The van der Waals surface area contributed by atoms with E-state index < -0.39 is 0 Å². The largest absolute Gasteiger partial charge is 0.310 e. The van der Waals surface area contributed by atoms with Crippen molar-refractivity contribution in [3.63, 3.8) is 0 Å². The van der Waals surface area contributed by atoms with Gasteiger partial charge in [0, 0.05) is 17.9 Å². The molecule has 2 aromatic carbocycles. The molecular formula is C21H16ClN5O. The van der Waals surface area contributed by atoms with Crippen molar-refractivity contribution in [2.75, 3.05) is 5.32 Å². The first-order valence-corrected chi connectivity index (χ1v) is 9.36. The van der Waals surface area contributed by atoms with E-state index in [1.807, 2.05) is 25.1 Å². The maximum Gasteiger partial charge on any atom is 0.226 e. The summed E-state index contributed by atoms with van der Waals surface area (Å²) in [5.74, 6) is 1.02. The molecule has 0 unspecified atom stereocenters. The Labute approximate surface area is 166 Å². The standard InChI is InChI=1S/C21H16ClN5O/c1-12-20-16(15-8-4-6-13-5-2-3-7-14(13)15)11-19(28)23-21(20)27(26-12)18-10-9-17(22)24-25-18/h2-10,16H,11H2,1H3,(H,23,28)/t16-/m1/s1. The van der Waals surface area contributed by atoms with Gasteiger partial charge in [0.2, 0.25) is 5.91 Å². The number of halogens is 1. The van der Waals surface area contributed by atoms with Gasteiger partial charge in [-0.15, -0.1) is 10.2 Å². The van der Waals surface area contributed by atoms with E-state index in [4.69, 9.17) is 11.6 Å². The van der Waals surface area contributed by atoms with E-state index in [9.17, 15) is 4.79 Å². The summed E-state index contributed by atoms with van der Waals surface area (Å²) in [6.45, 7) is 1.95.